The van der Waals surface area contributed by atoms with Crippen LogP contribution in [0.4, 0.5) is 0 Å². The molecule has 0 amide bonds. The highest BCUT2D eigenvalue weighted by Gasteiger charge is 2.02. The molecule has 0 radical (unpaired) electrons. The van der Waals surface area contributed by atoms with E-state index in [1.54, 1.807) is 0 Å². The van der Waals surface area contributed by atoms with Crippen LogP contribution in [0.5, 0.6) is 0 Å². The minimum absolute atomic E-state index is 0.198. The minimum Gasteiger partial charge on any atom is -0.282 e. The lowest BCUT2D eigenvalue weighted by Gasteiger charge is -2.03. The van der Waals surface area contributed by atoms with Gasteiger partial charge in [-0.2, -0.15) is 0 Å². The highest BCUT2D eigenvalue weighted by Crippen LogP contribution is 2.14. The third kappa shape index (κ3) is 2.80. The van der Waals surface area contributed by atoms with E-state index in [1.165, 1.54) is 0 Å². The number of benzene rings is 2. The van der Waals surface area contributed by atoms with Crippen LogP contribution in [-0.4, -0.2) is 12.6 Å². The predicted molar refractivity (Wildman–Crippen MR) is 78.2 cm³/mol. The van der Waals surface area contributed by atoms with E-state index in [4.69, 9.17) is 5.41 Å². The van der Waals surface area contributed by atoms with Crippen LogP contribution in [0.2, 0.25) is 0 Å². The molecule has 0 aliphatic carbocycles. The van der Waals surface area contributed by atoms with Crippen molar-refractivity contribution in [1.82, 2.24) is 0 Å². The van der Waals surface area contributed by atoms with Gasteiger partial charge in [0, 0.05) is 5.56 Å². The van der Waals surface area contributed by atoms with Crippen molar-refractivity contribution in [1.29, 1.82) is 5.41 Å². The smallest absolute Gasteiger partial charge is 0.151 e. The van der Waals surface area contributed by atoms with Gasteiger partial charge in [0.1, 0.15) is 0 Å². The summed E-state index contributed by atoms with van der Waals surface area (Å²) in [5, 5.41) is 7.74. The van der Waals surface area contributed by atoms with Gasteiger partial charge >= 0.3 is 0 Å². The quantitative estimate of drug-likeness (QED) is 0.475. The fourth-order valence-corrected chi connectivity index (χ4v) is 1.69. The van der Waals surface area contributed by atoms with E-state index in [9.17, 15) is 0 Å². The number of hydrogen-bond acceptors (Lipinski definition) is 1. The average Bonchev–Trinajstić information content (AvgIpc) is 2.45. The Morgan fingerprint density at radius 2 is 1.61 bits per heavy atom. The fourth-order valence-electron chi connectivity index (χ4n) is 1.69. The zero-order valence-corrected chi connectivity index (χ0v) is 10.0. The molecule has 0 saturated heterocycles. The molecule has 0 fully saturated rings. The van der Waals surface area contributed by atoms with Crippen LogP contribution in [0.1, 0.15) is 16.7 Å². The van der Waals surface area contributed by atoms with Gasteiger partial charge in [-0.15, -0.1) is 0 Å². The summed E-state index contributed by atoms with van der Waals surface area (Å²) in [5.74, 6) is 0.198. The van der Waals surface area contributed by atoms with Crippen LogP contribution >= 0.6 is 0 Å². The molecular formula is C16H14N2. The average molecular weight is 234 g/mol. The Bertz CT molecular complexity index is 583. The first-order valence-electron chi connectivity index (χ1n) is 5.69. The summed E-state index contributed by atoms with van der Waals surface area (Å²) in [6.07, 6.45) is 4.01. The molecule has 88 valence electrons. The maximum absolute atomic E-state index is 7.74. The highest BCUT2D eigenvalue weighted by atomic mass is 14.8. The SMILES string of the molecule is C=NC(=N)c1ccccc1/C=C/c1ccccc1. The van der Waals surface area contributed by atoms with Gasteiger partial charge in [-0.05, 0) is 17.8 Å². The molecule has 0 bridgehead atoms. The van der Waals surface area contributed by atoms with E-state index >= 15 is 0 Å². The van der Waals surface area contributed by atoms with E-state index in [2.05, 4.69) is 11.7 Å². The fraction of sp³-hybridized carbons (Fsp3) is 0. The number of nitrogens with one attached hydrogen (secondary N) is 1. The van der Waals surface area contributed by atoms with E-state index in [0.717, 1.165) is 16.7 Å². The van der Waals surface area contributed by atoms with Crippen LogP contribution in [-0.2, 0) is 0 Å². The summed E-state index contributed by atoms with van der Waals surface area (Å²) in [7, 11) is 0. The van der Waals surface area contributed by atoms with Gasteiger partial charge in [0.15, 0.2) is 5.84 Å². The van der Waals surface area contributed by atoms with E-state index < -0.39 is 0 Å². The van der Waals surface area contributed by atoms with Crippen LogP contribution in [0.25, 0.3) is 12.2 Å². The van der Waals surface area contributed by atoms with E-state index in [1.807, 2.05) is 66.7 Å². The van der Waals surface area contributed by atoms with Crippen LogP contribution in [0.15, 0.2) is 59.6 Å². The summed E-state index contributed by atoms with van der Waals surface area (Å²) < 4.78 is 0. The van der Waals surface area contributed by atoms with Crippen LogP contribution in [0.3, 0.4) is 0 Å². The second-order valence-electron chi connectivity index (χ2n) is 3.84. The normalized spacial score (nSPS) is 10.4. The van der Waals surface area contributed by atoms with Crippen molar-refractivity contribution in [3.63, 3.8) is 0 Å². The molecule has 0 heterocycles. The number of hydrogen-bond donors (Lipinski definition) is 1. The maximum atomic E-state index is 7.74. The molecule has 0 atom stereocenters. The van der Waals surface area contributed by atoms with Gasteiger partial charge < -0.3 is 0 Å². The molecule has 1 N–H and O–H groups in total. The Morgan fingerprint density at radius 3 is 2.33 bits per heavy atom. The van der Waals surface area contributed by atoms with Crippen LogP contribution in [0, 0.1) is 5.41 Å². The van der Waals surface area contributed by atoms with Gasteiger partial charge in [-0.25, -0.2) is 4.99 Å². The van der Waals surface area contributed by atoms with Crippen molar-refractivity contribution in [2.75, 3.05) is 0 Å². The van der Waals surface area contributed by atoms with Crippen molar-refractivity contribution in [2.45, 2.75) is 0 Å². The zero-order chi connectivity index (χ0) is 12.8. The first kappa shape index (κ1) is 12.0. The van der Waals surface area contributed by atoms with Crippen molar-refractivity contribution in [3.8, 4) is 0 Å². The van der Waals surface area contributed by atoms with Crippen LogP contribution < -0.4 is 0 Å². The molecule has 2 heteroatoms. The Labute approximate surface area is 107 Å². The monoisotopic (exact) mass is 234 g/mol. The maximum Gasteiger partial charge on any atom is 0.151 e. The van der Waals surface area contributed by atoms with Gasteiger partial charge in [-0.3, -0.25) is 5.41 Å². The lowest BCUT2D eigenvalue weighted by molar-refractivity contribution is 1.42. The molecule has 2 aromatic carbocycles. The Kier molecular flexibility index (Phi) is 3.82. The van der Waals surface area contributed by atoms with Gasteiger partial charge in [0.05, 0.1) is 0 Å². The van der Waals surface area contributed by atoms with Crippen molar-refractivity contribution in [3.05, 3.63) is 71.3 Å². The molecule has 0 spiro atoms. The molecule has 0 aliphatic heterocycles. The first-order chi connectivity index (χ1) is 8.81. The minimum atomic E-state index is 0.198. The van der Waals surface area contributed by atoms with Crippen molar-refractivity contribution < 1.29 is 0 Å². The third-order valence-electron chi connectivity index (χ3n) is 2.63. The Morgan fingerprint density at radius 1 is 0.944 bits per heavy atom. The van der Waals surface area contributed by atoms with Gasteiger partial charge in [0.25, 0.3) is 0 Å². The summed E-state index contributed by atoms with van der Waals surface area (Å²) >= 11 is 0. The van der Waals surface area contributed by atoms with E-state index in [-0.39, 0.29) is 5.84 Å². The van der Waals surface area contributed by atoms with Crippen molar-refractivity contribution >= 4 is 24.7 Å². The number of amidine groups is 1. The number of rotatable bonds is 3. The number of nitrogens with zero attached hydrogens (tertiary/aromatic N) is 1. The zero-order valence-electron chi connectivity index (χ0n) is 10.0. The predicted octanol–water partition coefficient (Wildman–Crippen LogP) is 3.88. The van der Waals surface area contributed by atoms with E-state index in [0.29, 0.717) is 0 Å². The summed E-state index contributed by atoms with van der Waals surface area (Å²) in [6, 6.07) is 17.8. The highest BCUT2D eigenvalue weighted by molar-refractivity contribution is 6.02. The second-order valence-corrected chi connectivity index (χ2v) is 3.84. The topological polar surface area (TPSA) is 36.2 Å². The molecule has 0 saturated carbocycles. The third-order valence-corrected chi connectivity index (χ3v) is 2.63. The molecule has 18 heavy (non-hydrogen) atoms. The second kappa shape index (κ2) is 5.73. The molecule has 0 unspecified atom stereocenters. The Balaban J connectivity index is 2.32. The standard InChI is InChI=1S/C16H14N2/c1-18-16(17)15-10-6-5-9-14(15)12-11-13-7-3-2-4-8-13/h2-12,17H,1H2/b12-11+,17-16?. The molecular weight excluding hydrogens is 220 g/mol. The molecule has 0 aromatic heterocycles. The van der Waals surface area contributed by atoms with Crippen molar-refractivity contribution in [2.24, 2.45) is 4.99 Å². The molecule has 0 aliphatic rings. The summed E-state index contributed by atoms with van der Waals surface area (Å²) in [4.78, 5) is 3.67. The van der Waals surface area contributed by atoms with Gasteiger partial charge in [-0.1, -0.05) is 66.7 Å². The lowest BCUT2D eigenvalue weighted by Crippen LogP contribution is -1.96. The largest absolute Gasteiger partial charge is 0.282 e. The Hall–Kier alpha value is -2.48. The first-order valence-corrected chi connectivity index (χ1v) is 5.69. The summed E-state index contributed by atoms with van der Waals surface area (Å²) in [5.41, 5.74) is 2.89. The molecule has 2 aromatic rings. The summed E-state index contributed by atoms with van der Waals surface area (Å²) in [6.45, 7) is 3.40. The lowest BCUT2D eigenvalue weighted by atomic mass is 10.1. The molecule has 2 nitrogen and oxygen atoms in total. The molecule has 2 rings (SSSR count). The van der Waals surface area contributed by atoms with Gasteiger partial charge in [0.2, 0.25) is 0 Å². The number of aliphatic imine (C=N–C) groups is 1.